The summed E-state index contributed by atoms with van der Waals surface area (Å²) in [5, 5.41) is 14.0. The molecule has 184 valence electrons. The number of hydrogen-bond donors (Lipinski definition) is 1. The summed E-state index contributed by atoms with van der Waals surface area (Å²) in [6, 6.07) is 40.3. The van der Waals surface area contributed by atoms with Crippen molar-refractivity contribution in [1.82, 2.24) is 14.5 Å². The van der Waals surface area contributed by atoms with Crippen LogP contribution in [0.5, 0.6) is 5.75 Å². The van der Waals surface area contributed by atoms with Crippen molar-refractivity contribution >= 4 is 43.9 Å². The first-order valence-corrected chi connectivity index (χ1v) is 12.8. The molecule has 0 fully saturated rings. The molecular formula is C34H21N3O2. The maximum atomic E-state index is 10.6. The number of phenols is 1. The average molecular weight is 504 g/mol. The van der Waals surface area contributed by atoms with Crippen molar-refractivity contribution in [2.75, 3.05) is 0 Å². The van der Waals surface area contributed by atoms with Crippen LogP contribution in [-0.4, -0.2) is 19.6 Å². The third-order valence-electron chi connectivity index (χ3n) is 7.32. The van der Waals surface area contributed by atoms with E-state index < -0.39 is 0 Å². The Hall–Kier alpha value is -5.42. The van der Waals surface area contributed by atoms with Gasteiger partial charge >= 0.3 is 0 Å². The van der Waals surface area contributed by atoms with E-state index in [1.807, 2.05) is 48.5 Å². The molecule has 0 amide bonds. The van der Waals surface area contributed by atoms with Crippen LogP contribution in [0.1, 0.15) is 0 Å². The predicted octanol–water partition coefficient (Wildman–Crippen LogP) is 8.51. The third kappa shape index (κ3) is 3.27. The second-order valence-corrected chi connectivity index (χ2v) is 9.61. The van der Waals surface area contributed by atoms with Crippen LogP contribution in [0.25, 0.3) is 72.2 Å². The molecule has 0 spiro atoms. The minimum Gasteiger partial charge on any atom is -0.507 e. The third-order valence-corrected chi connectivity index (χ3v) is 7.32. The molecular weight excluding hydrogens is 482 g/mol. The van der Waals surface area contributed by atoms with Gasteiger partial charge in [-0.2, -0.15) is 0 Å². The zero-order valence-electron chi connectivity index (χ0n) is 20.7. The topological polar surface area (TPSA) is 64.1 Å². The number of aromatic hydroxyl groups is 1. The number of fused-ring (bicyclic) bond motifs is 6. The quantitative estimate of drug-likeness (QED) is 0.262. The Morgan fingerprint density at radius 1 is 0.615 bits per heavy atom. The fourth-order valence-corrected chi connectivity index (χ4v) is 5.56. The molecule has 5 nitrogen and oxygen atoms in total. The molecule has 0 atom stereocenters. The first-order chi connectivity index (χ1) is 19.3. The maximum Gasteiger partial charge on any atom is 0.180 e. The van der Waals surface area contributed by atoms with Gasteiger partial charge in [-0.05, 0) is 48.5 Å². The van der Waals surface area contributed by atoms with Gasteiger partial charge in [0.2, 0.25) is 0 Å². The van der Waals surface area contributed by atoms with Crippen LogP contribution in [0.2, 0.25) is 0 Å². The summed E-state index contributed by atoms with van der Waals surface area (Å²) in [7, 11) is 0. The van der Waals surface area contributed by atoms with Crippen LogP contribution in [0.3, 0.4) is 0 Å². The Balaban J connectivity index is 1.42. The summed E-state index contributed by atoms with van der Waals surface area (Å²) < 4.78 is 8.62. The lowest BCUT2D eigenvalue weighted by Gasteiger charge is -2.11. The molecule has 1 N–H and O–H groups in total. The maximum absolute atomic E-state index is 10.6. The number of para-hydroxylation sites is 4. The van der Waals surface area contributed by atoms with Gasteiger partial charge in [0.1, 0.15) is 22.5 Å². The fraction of sp³-hybridized carbons (Fsp3) is 0. The predicted molar refractivity (Wildman–Crippen MR) is 156 cm³/mol. The molecule has 0 radical (unpaired) electrons. The highest BCUT2D eigenvalue weighted by Crippen LogP contribution is 2.38. The highest BCUT2D eigenvalue weighted by atomic mass is 16.3. The number of hydrogen-bond acceptors (Lipinski definition) is 4. The normalized spacial score (nSPS) is 11.7. The summed E-state index contributed by atoms with van der Waals surface area (Å²) in [6.07, 6.45) is 0. The number of aromatic nitrogens is 3. The summed E-state index contributed by atoms with van der Waals surface area (Å²) in [4.78, 5) is 9.84. The van der Waals surface area contributed by atoms with Crippen LogP contribution < -0.4 is 0 Å². The van der Waals surface area contributed by atoms with E-state index in [4.69, 9.17) is 14.4 Å². The zero-order valence-corrected chi connectivity index (χ0v) is 20.7. The fourth-order valence-electron chi connectivity index (χ4n) is 5.56. The Morgan fingerprint density at radius 3 is 2.05 bits per heavy atom. The molecule has 0 aliphatic rings. The van der Waals surface area contributed by atoms with Crippen LogP contribution in [0.15, 0.2) is 126 Å². The molecule has 0 aliphatic carbocycles. The first kappa shape index (κ1) is 21.6. The number of nitrogens with zero attached hydrogens (tertiary/aromatic N) is 3. The van der Waals surface area contributed by atoms with Gasteiger partial charge in [0, 0.05) is 27.4 Å². The van der Waals surface area contributed by atoms with Crippen molar-refractivity contribution < 1.29 is 9.52 Å². The Morgan fingerprint density at radius 2 is 1.28 bits per heavy atom. The number of benzene rings is 5. The van der Waals surface area contributed by atoms with Gasteiger partial charge in [-0.25, -0.2) is 9.97 Å². The van der Waals surface area contributed by atoms with Gasteiger partial charge in [0.25, 0.3) is 0 Å². The summed E-state index contributed by atoms with van der Waals surface area (Å²) >= 11 is 0. The highest BCUT2D eigenvalue weighted by molar-refractivity contribution is 6.10. The average Bonchev–Trinajstić information content (AvgIpc) is 3.53. The number of rotatable bonds is 3. The van der Waals surface area contributed by atoms with E-state index in [2.05, 4.69) is 65.2 Å². The molecule has 5 aromatic carbocycles. The molecule has 3 aromatic heterocycles. The molecule has 8 rings (SSSR count). The van der Waals surface area contributed by atoms with Crippen molar-refractivity contribution in [3.63, 3.8) is 0 Å². The Labute approximate surface area is 223 Å². The van der Waals surface area contributed by atoms with Gasteiger partial charge < -0.3 is 14.1 Å². The molecule has 5 heteroatoms. The van der Waals surface area contributed by atoms with E-state index >= 15 is 0 Å². The van der Waals surface area contributed by atoms with E-state index in [1.54, 1.807) is 12.1 Å². The summed E-state index contributed by atoms with van der Waals surface area (Å²) in [6.45, 7) is 0. The van der Waals surface area contributed by atoms with Crippen LogP contribution in [-0.2, 0) is 0 Å². The van der Waals surface area contributed by atoms with E-state index in [-0.39, 0.29) is 5.75 Å². The van der Waals surface area contributed by atoms with Gasteiger partial charge in [0.05, 0.1) is 16.6 Å². The van der Waals surface area contributed by atoms with Crippen molar-refractivity contribution in [1.29, 1.82) is 0 Å². The van der Waals surface area contributed by atoms with Gasteiger partial charge in [0.15, 0.2) is 11.4 Å². The lowest BCUT2D eigenvalue weighted by atomic mass is 10.1. The van der Waals surface area contributed by atoms with E-state index in [0.717, 1.165) is 38.8 Å². The minimum atomic E-state index is 0.134. The van der Waals surface area contributed by atoms with Crippen molar-refractivity contribution in [2.24, 2.45) is 0 Å². The molecule has 0 bridgehead atoms. The minimum absolute atomic E-state index is 0.134. The standard InChI is InChI=1S/C34H21N3O2/c38-29-18-7-3-14-25(29)34-35-31(33-32(36-34)26-15-4-8-19-30(26)39-33)21-10-9-11-22(20-21)37-27-16-5-1-12-23(27)24-13-2-6-17-28(24)37/h1-20,38H. The summed E-state index contributed by atoms with van der Waals surface area (Å²) in [5.74, 6) is 0.582. The smallest absolute Gasteiger partial charge is 0.180 e. The highest BCUT2D eigenvalue weighted by Gasteiger charge is 2.20. The van der Waals surface area contributed by atoms with Crippen molar-refractivity contribution in [3.8, 4) is 34.1 Å². The van der Waals surface area contributed by atoms with Gasteiger partial charge in [-0.3, -0.25) is 0 Å². The van der Waals surface area contributed by atoms with E-state index in [0.29, 0.717) is 22.7 Å². The van der Waals surface area contributed by atoms with Crippen molar-refractivity contribution in [2.45, 2.75) is 0 Å². The molecule has 0 unspecified atom stereocenters. The molecule has 3 heterocycles. The second kappa shape index (κ2) is 8.30. The Bertz CT molecular complexity index is 2150. The van der Waals surface area contributed by atoms with Crippen LogP contribution in [0.4, 0.5) is 0 Å². The molecule has 0 saturated heterocycles. The zero-order chi connectivity index (χ0) is 25.9. The van der Waals surface area contributed by atoms with E-state index in [9.17, 15) is 5.11 Å². The van der Waals surface area contributed by atoms with Crippen molar-refractivity contribution in [3.05, 3.63) is 121 Å². The van der Waals surface area contributed by atoms with Gasteiger partial charge in [-0.15, -0.1) is 0 Å². The van der Waals surface area contributed by atoms with Crippen LogP contribution >= 0.6 is 0 Å². The summed E-state index contributed by atoms with van der Waals surface area (Å²) in [5.41, 5.74) is 7.54. The Kier molecular flexibility index (Phi) is 4.60. The lowest BCUT2D eigenvalue weighted by Crippen LogP contribution is -1.97. The van der Waals surface area contributed by atoms with E-state index in [1.165, 1.54) is 10.8 Å². The number of phenolic OH excluding ortho intramolecular Hbond substituents is 1. The van der Waals surface area contributed by atoms with Gasteiger partial charge in [-0.1, -0.05) is 72.8 Å². The van der Waals surface area contributed by atoms with Crippen LogP contribution in [0, 0.1) is 0 Å². The second-order valence-electron chi connectivity index (χ2n) is 9.61. The largest absolute Gasteiger partial charge is 0.507 e. The molecule has 0 saturated carbocycles. The molecule has 8 aromatic rings. The number of furan rings is 1. The SMILES string of the molecule is Oc1ccccc1-c1nc(-c2cccc(-n3c4ccccc4c4ccccc43)c2)c2oc3ccccc3c2n1. The molecule has 0 aliphatic heterocycles. The molecule has 39 heavy (non-hydrogen) atoms. The lowest BCUT2D eigenvalue weighted by molar-refractivity contribution is 0.477. The first-order valence-electron chi connectivity index (χ1n) is 12.8. The monoisotopic (exact) mass is 503 g/mol.